The van der Waals surface area contributed by atoms with Crippen molar-refractivity contribution in [2.24, 2.45) is 0 Å². The summed E-state index contributed by atoms with van der Waals surface area (Å²) in [5.41, 5.74) is 0.210. The predicted octanol–water partition coefficient (Wildman–Crippen LogP) is 4.02. The fourth-order valence-corrected chi connectivity index (χ4v) is 2.48. The predicted molar refractivity (Wildman–Crippen MR) is 90.2 cm³/mol. The molecule has 0 unspecified atom stereocenters. The second kappa shape index (κ2) is 7.64. The molecule has 0 atom stereocenters. The minimum absolute atomic E-state index is 0.210. The van der Waals surface area contributed by atoms with Gasteiger partial charge < -0.3 is 14.0 Å². The lowest BCUT2D eigenvalue weighted by atomic mass is 10.1. The fraction of sp³-hybridized carbons (Fsp3) is 0.263. The van der Waals surface area contributed by atoms with Crippen molar-refractivity contribution in [1.29, 1.82) is 0 Å². The molecule has 0 N–H and O–H groups in total. The molecule has 0 aliphatic carbocycles. The van der Waals surface area contributed by atoms with E-state index >= 15 is 0 Å². The molecule has 0 aliphatic heterocycles. The minimum Gasteiger partial charge on any atom is -0.493 e. The van der Waals surface area contributed by atoms with Crippen LogP contribution in [-0.4, -0.2) is 24.3 Å². The molecule has 0 bridgehead atoms. The average molecular weight is 325 g/mol. The minimum atomic E-state index is -0.459. The molecule has 124 valence electrons. The second-order valence-corrected chi connectivity index (χ2v) is 5.33. The molecular formula is C19H19NO4. The summed E-state index contributed by atoms with van der Waals surface area (Å²) in [7, 11) is 0. The van der Waals surface area contributed by atoms with E-state index < -0.39 is 5.97 Å². The topological polar surface area (TPSA) is 61.6 Å². The lowest BCUT2D eigenvalue weighted by molar-refractivity contribution is 0.0514. The summed E-state index contributed by atoms with van der Waals surface area (Å²) in [6.45, 7) is 2.63. The number of hydrogen-bond donors (Lipinski definition) is 0. The van der Waals surface area contributed by atoms with E-state index in [0.29, 0.717) is 25.4 Å². The van der Waals surface area contributed by atoms with Crippen LogP contribution >= 0.6 is 0 Å². The molecule has 0 radical (unpaired) electrons. The van der Waals surface area contributed by atoms with E-state index in [1.807, 2.05) is 30.3 Å². The van der Waals surface area contributed by atoms with Gasteiger partial charge in [-0.1, -0.05) is 41.6 Å². The van der Waals surface area contributed by atoms with Gasteiger partial charge in [-0.15, -0.1) is 0 Å². The monoisotopic (exact) mass is 325 g/mol. The van der Waals surface area contributed by atoms with Gasteiger partial charge in [0.05, 0.1) is 13.2 Å². The van der Waals surface area contributed by atoms with Gasteiger partial charge in [0.1, 0.15) is 11.5 Å². The molecule has 0 saturated heterocycles. The molecule has 1 heterocycles. The summed E-state index contributed by atoms with van der Waals surface area (Å²) in [6, 6.07) is 15.8. The Morgan fingerprint density at radius 1 is 1.17 bits per heavy atom. The van der Waals surface area contributed by atoms with Gasteiger partial charge in [0.2, 0.25) is 0 Å². The largest absolute Gasteiger partial charge is 0.493 e. The lowest BCUT2D eigenvalue weighted by Gasteiger charge is -2.08. The number of fused-ring (bicyclic) bond motifs is 1. The maximum Gasteiger partial charge on any atom is 0.360 e. The van der Waals surface area contributed by atoms with E-state index in [1.165, 1.54) is 0 Å². The Morgan fingerprint density at radius 3 is 2.88 bits per heavy atom. The number of rotatable bonds is 7. The molecule has 24 heavy (non-hydrogen) atoms. The van der Waals surface area contributed by atoms with Crippen LogP contribution < -0.4 is 4.74 Å². The van der Waals surface area contributed by atoms with Crippen molar-refractivity contribution in [3.63, 3.8) is 0 Å². The highest BCUT2D eigenvalue weighted by molar-refractivity contribution is 5.88. The number of ether oxygens (including phenoxy) is 2. The van der Waals surface area contributed by atoms with Crippen LogP contribution in [-0.2, 0) is 11.2 Å². The van der Waals surface area contributed by atoms with Gasteiger partial charge in [-0.05, 0) is 24.8 Å². The summed E-state index contributed by atoms with van der Waals surface area (Å²) >= 11 is 0. The van der Waals surface area contributed by atoms with E-state index in [1.54, 1.807) is 13.0 Å². The highest BCUT2D eigenvalue weighted by atomic mass is 16.5. The second-order valence-electron chi connectivity index (χ2n) is 5.33. The van der Waals surface area contributed by atoms with Crippen LogP contribution in [0.25, 0.3) is 10.8 Å². The molecule has 3 aromatic rings. The zero-order valence-electron chi connectivity index (χ0n) is 13.5. The molecule has 0 amide bonds. The fourth-order valence-electron chi connectivity index (χ4n) is 2.48. The molecule has 0 aliphatic rings. The van der Waals surface area contributed by atoms with Gasteiger partial charge in [0.25, 0.3) is 0 Å². The van der Waals surface area contributed by atoms with Crippen LogP contribution in [0.15, 0.2) is 53.1 Å². The van der Waals surface area contributed by atoms with E-state index in [0.717, 1.165) is 22.9 Å². The maximum atomic E-state index is 11.5. The van der Waals surface area contributed by atoms with Gasteiger partial charge in [-0.2, -0.15) is 0 Å². The van der Waals surface area contributed by atoms with Crippen LogP contribution in [0.4, 0.5) is 0 Å². The highest BCUT2D eigenvalue weighted by Crippen LogP contribution is 2.25. The number of carbonyl (C=O) groups excluding carboxylic acids is 1. The Hall–Kier alpha value is -2.82. The molecule has 3 rings (SSSR count). The van der Waals surface area contributed by atoms with Crippen molar-refractivity contribution in [3.05, 3.63) is 60.0 Å². The number of esters is 1. The zero-order valence-corrected chi connectivity index (χ0v) is 13.5. The van der Waals surface area contributed by atoms with E-state index in [4.69, 9.17) is 14.0 Å². The van der Waals surface area contributed by atoms with Crippen LogP contribution in [0, 0.1) is 0 Å². The first kappa shape index (κ1) is 16.1. The first-order chi connectivity index (χ1) is 11.8. The SMILES string of the molecule is CCOC(=O)c1cc(CCCOc2cccc3ccccc23)on1. The highest BCUT2D eigenvalue weighted by Gasteiger charge is 2.13. The van der Waals surface area contributed by atoms with E-state index in [2.05, 4.69) is 17.3 Å². The summed E-state index contributed by atoms with van der Waals surface area (Å²) < 4.78 is 15.9. The van der Waals surface area contributed by atoms with Gasteiger partial charge in [-0.3, -0.25) is 0 Å². The normalized spacial score (nSPS) is 10.7. The van der Waals surface area contributed by atoms with Crippen LogP contribution in [0.1, 0.15) is 29.6 Å². The zero-order chi connectivity index (χ0) is 16.8. The molecule has 2 aromatic carbocycles. The third-order valence-corrected chi connectivity index (χ3v) is 3.62. The first-order valence-corrected chi connectivity index (χ1v) is 8.01. The smallest absolute Gasteiger partial charge is 0.360 e. The summed E-state index contributed by atoms with van der Waals surface area (Å²) in [6.07, 6.45) is 1.41. The molecule has 0 saturated carbocycles. The number of hydrogen-bond acceptors (Lipinski definition) is 5. The van der Waals surface area contributed by atoms with Gasteiger partial charge in [0, 0.05) is 17.9 Å². The van der Waals surface area contributed by atoms with Crippen LogP contribution in [0.2, 0.25) is 0 Å². The Bertz CT molecular complexity index is 820. The van der Waals surface area contributed by atoms with Crippen molar-refractivity contribution in [3.8, 4) is 5.75 Å². The van der Waals surface area contributed by atoms with Gasteiger partial charge in [-0.25, -0.2) is 4.79 Å². The summed E-state index contributed by atoms with van der Waals surface area (Å²) in [5, 5.41) is 5.98. The Kier molecular flexibility index (Phi) is 5.11. The van der Waals surface area contributed by atoms with E-state index in [-0.39, 0.29) is 5.69 Å². The van der Waals surface area contributed by atoms with Crippen LogP contribution in [0.5, 0.6) is 5.75 Å². The Balaban J connectivity index is 1.53. The number of aryl methyl sites for hydroxylation is 1. The van der Waals surface area contributed by atoms with Crippen molar-refractivity contribution in [2.45, 2.75) is 19.8 Å². The van der Waals surface area contributed by atoms with Crippen molar-refractivity contribution >= 4 is 16.7 Å². The molecule has 5 heteroatoms. The number of nitrogens with zero attached hydrogens (tertiary/aromatic N) is 1. The average Bonchev–Trinajstić information content (AvgIpc) is 3.08. The quantitative estimate of drug-likeness (QED) is 0.485. The third kappa shape index (κ3) is 3.74. The molecule has 0 spiro atoms. The summed E-state index contributed by atoms with van der Waals surface area (Å²) in [4.78, 5) is 11.5. The standard InChI is InChI=1S/C19H19NO4/c1-2-22-19(21)17-13-15(24-20-17)9-6-12-23-18-11-5-8-14-7-3-4-10-16(14)18/h3-5,7-8,10-11,13H,2,6,9,12H2,1H3. The first-order valence-electron chi connectivity index (χ1n) is 8.01. The van der Waals surface area contributed by atoms with Gasteiger partial charge in [0.15, 0.2) is 5.69 Å². The maximum absolute atomic E-state index is 11.5. The van der Waals surface area contributed by atoms with Gasteiger partial charge >= 0.3 is 5.97 Å². The molecule has 5 nitrogen and oxygen atoms in total. The van der Waals surface area contributed by atoms with E-state index in [9.17, 15) is 4.79 Å². The Labute approximate surface area is 140 Å². The lowest BCUT2D eigenvalue weighted by Crippen LogP contribution is -2.04. The molecule has 1 aromatic heterocycles. The Morgan fingerprint density at radius 2 is 2.00 bits per heavy atom. The number of benzene rings is 2. The molecular weight excluding hydrogens is 306 g/mol. The van der Waals surface area contributed by atoms with Crippen molar-refractivity contribution in [2.75, 3.05) is 13.2 Å². The molecule has 0 fully saturated rings. The van der Waals surface area contributed by atoms with Crippen molar-refractivity contribution < 1.29 is 18.8 Å². The van der Waals surface area contributed by atoms with Crippen LogP contribution in [0.3, 0.4) is 0 Å². The third-order valence-electron chi connectivity index (χ3n) is 3.62. The van der Waals surface area contributed by atoms with Crippen molar-refractivity contribution in [1.82, 2.24) is 5.16 Å². The number of carbonyl (C=O) groups is 1. The number of aromatic nitrogens is 1. The summed E-state index contributed by atoms with van der Waals surface area (Å²) in [5.74, 6) is 1.07.